The number of nitrogens with one attached hydrogen (secondary N) is 1. The Balaban J connectivity index is 1.70. The summed E-state index contributed by atoms with van der Waals surface area (Å²) >= 11 is 3.30. The van der Waals surface area contributed by atoms with E-state index < -0.39 is 5.82 Å². The largest absolute Gasteiger partial charge is 0.463 e. The number of rotatable bonds is 4. The van der Waals surface area contributed by atoms with Crippen LogP contribution in [-0.2, 0) is 6.54 Å². The zero-order valence-corrected chi connectivity index (χ0v) is 15.7. The number of carbonyl (C=O) groups excluding carboxylic acids is 1. The number of furan rings is 1. The van der Waals surface area contributed by atoms with Crippen molar-refractivity contribution < 1.29 is 18.1 Å². The van der Waals surface area contributed by atoms with Gasteiger partial charge in [-0.2, -0.15) is 0 Å². The van der Waals surface area contributed by atoms with Crippen molar-refractivity contribution in [2.75, 3.05) is 0 Å². The fraction of sp³-hybridized carbons (Fsp3) is 0.105. The molecule has 0 atom stereocenters. The van der Waals surface area contributed by atoms with Crippen LogP contribution in [0.3, 0.4) is 0 Å². The van der Waals surface area contributed by atoms with Gasteiger partial charge in [-0.05, 0) is 43.3 Å². The summed E-state index contributed by atoms with van der Waals surface area (Å²) < 4.78 is 25.2. The number of hydrogen-bond acceptors (Lipinski definition) is 5. The molecule has 0 radical (unpaired) electrons. The van der Waals surface area contributed by atoms with E-state index in [1.54, 1.807) is 37.3 Å². The molecule has 3 heterocycles. The minimum atomic E-state index is -0.393. The third kappa shape index (κ3) is 3.35. The highest BCUT2D eigenvalue weighted by Gasteiger charge is 2.20. The van der Waals surface area contributed by atoms with E-state index in [2.05, 4.69) is 31.4 Å². The first-order valence-corrected chi connectivity index (χ1v) is 8.85. The molecule has 0 bridgehead atoms. The molecule has 0 spiro atoms. The molecule has 0 saturated heterocycles. The van der Waals surface area contributed by atoms with E-state index in [-0.39, 0.29) is 18.2 Å². The average Bonchev–Trinajstić information content (AvgIpc) is 3.32. The SMILES string of the molecule is Cc1noc2nc(-c3ccco3)cc(C(=O)NCc3cc(Br)ccc3F)c12. The van der Waals surface area contributed by atoms with Crippen LogP contribution < -0.4 is 5.32 Å². The minimum Gasteiger partial charge on any atom is -0.463 e. The number of aromatic nitrogens is 2. The number of benzene rings is 1. The van der Waals surface area contributed by atoms with Crippen molar-refractivity contribution in [3.05, 3.63) is 69.8 Å². The van der Waals surface area contributed by atoms with Gasteiger partial charge in [-0.15, -0.1) is 0 Å². The van der Waals surface area contributed by atoms with Crippen molar-refractivity contribution in [1.29, 1.82) is 0 Å². The molecule has 3 aromatic heterocycles. The summed E-state index contributed by atoms with van der Waals surface area (Å²) in [7, 11) is 0. The maximum atomic E-state index is 13.9. The van der Waals surface area contributed by atoms with Crippen LogP contribution in [0, 0.1) is 12.7 Å². The highest BCUT2D eigenvalue weighted by Crippen LogP contribution is 2.27. The Bertz CT molecular complexity index is 1140. The summed E-state index contributed by atoms with van der Waals surface area (Å²) in [6.07, 6.45) is 1.52. The molecule has 0 aliphatic heterocycles. The fourth-order valence-electron chi connectivity index (χ4n) is 2.77. The van der Waals surface area contributed by atoms with Crippen LogP contribution in [0.15, 0.2) is 56.1 Å². The van der Waals surface area contributed by atoms with E-state index in [0.717, 1.165) is 4.47 Å². The van der Waals surface area contributed by atoms with E-state index >= 15 is 0 Å². The average molecular weight is 430 g/mol. The molecule has 0 aliphatic carbocycles. The summed E-state index contributed by atoms with van der Waals surface area (Å²) in [5.74, 6) is -0.283. The molecule has 4 aromatic rings. The van der Waals surface area contributed by atoms with Gasteiger partial charge >= 0.3 is 0 Å². The second-order valence-electron chi connectivity index (χ2n) is 5.90. The lowest BCUT2D eigenvalue weighted by atomic mass is 10.1. The number of amides is 1. The molecular weight excluding hydrogens is 417 g/mol. The predicted molar refractivity (Wildman–Crippen MR) is 99.5 cm³/mol. The quantitative estimate of drug-likeness (QED) is 0.511. The van der Waals surface area contributed by atoms with Crippen LogP contribution in [-0.4, -0.2) is 16.0 Å². The minimum absolute atomic E-state index is 0.0360. The molecule has 0 aliphatic rings. The molecule has 0 fully saturated rings. The van der Waals surface area contributed by atoms with Gasteiger partial charge in [0.15, 0.2) is 5.76 Å². The van der Waals surface area contributed by atoms with Crippen molar-refractivity contribution in [2.45, 2.75) is 13.5 Å². The normalized spacial score (nSPS) is 11.1. The summed E-state index contributed by atoms with van der Waals surface area (Å²) in [6.45, 7) is 1.76. The summed E-state index contributed by atoms with van der Waals surface area (Å²) in [5.41, 5.74) is 1.93. The Morgan fingerprint density at radius 1 is 1.30 bits per heavy atom. The van der Waals surface area contributed by atoms with Crippen LogP contribution >= 0.6 is 15.9 Å². The number of carbonyl (C=O) groups is 1. The summed E-state index contributed by atoms with van der Waals surface area (Å²) in [4.78, 5) is 17.2. The highest BCUT2D eigenvalue weighted by atomic mass is 79.9. The summed E-state index contributed by atoms with van der Waals surface area (Å²) in [6, 6.07) is 9.63. The smallest absolute Gasteiger partial charge is 0.259 e. The Hall–Kier alpha value is -3.00. The topological polar surface area (TPSA) is 81.2 Å². The third-order valence-electron chi connectivity index (χ3n) is 4.08. The maximum Gasteiger partial charge on any atom is 0.259 e. The van der Waals surface area contributed by atoms with Crippen LogP contribution in [0.25, 0.3) is 22.6 Å². The maximum absolute atomic E-state index is 13.9. The summed E-state index contributed by atoms with van der Waals surface area (Å²) in [5, 5.41) is 7.14. The first-order valence-electron chi connectivity index (χ1n) is 8.06. The van der Waals surface area contributed by atoms with Crippen LogP contribution in [0.4, 0.5) is 4.39 Å². The van der Waals surface area contributed by atoms with E-state index in [1.807, 2.05) is 0 Å². The molecule has 4 rings (SSSR count). The van der Waals surface area contributed by atoms with Crippen molar-refractivity contribution in [3.63, 3.8) is 0 Å². The van der Waals surface area contributed by atoms with Gasteiger partial charge in [0.1, 0.15) is 11.5 Å². The number of aryl methyl sites for hydroxylation is 1. The first-order chi connectivity index (χ1) is 13.0. The number of fused-ring (bicyclic) bond motifs is 1. The van der Waals surface area contributed by atoms with E-state index in [0.29, 0.717) is 33.7 Å². The fourth-order valence-corrected chi connectivity index (χ4v) is 3.18. The molecule has 1 aromatic carbocycles. The Morgan fingerprint density at radius 3 is 2.93 bits per heavy atom. The second kappa shape index (κ2) is 6.96. The molecule has 6 nitrogen and oxygen atoms in total. The van der Waals surface area contributed by atoms with Gasteiger partial charge in [0.25, 0.3) is 11.6 Å². The van der Waals surface area contributed by atoms with Gasteiger partial charge in [0.05, 0.1) is 22.9 Å². The molecule has 8 heteroatoms. The number of pyridine rings is 1. The van der Waals surface area contributed by atoms with Gasteiger partial charge in [0.2, 0.25) is 0 Å². The molecule has 1 amide bonds. The van der Waals surface area contributed by atoms with E-state index in [1.165, 1.54) is 12.3 Å². The molecule has 0 saturated carbocycles. The molecule has 27 heavy (non-hydrogen) atoms. The molecule has 1 N–H and O–H groups in total. The Morgan fingerprint density at radius 2 is 2.15 bits per heavy atom. The Labute approximate surface area is 161 Å². The van der Waals surface area contributed by atoms with Crippen LogP contribution in [0.2, 0.25) is 0 Å². The molecular formula is C19H13BrFN3O3. The van der Waals surface area contributed by atoms with Gasteiger partial charge in [-0.3, -0.25) is 4.79 Å². The van der Waals surface area contributed by atoms with E-state index in [9.17, 15) is 9.18 Å². The lowest BCUT2D eigenvalue weighted by molar-refractivity contribution is 0.0952. The van der Waals surface area contributed by atoms with Gasteiger partial charge in [0, 0.05) is 16.6 Å². The number of nitrogens with zero attached hydrogens (tertiary/aromatic N) is 2. The van der Waals surface area contributed by atoms with Crippen LogP contribution in [0.5, 0.6) is 0 Å². The van der Waals surface area contributed by atoms with Crippen molar-refractivity contribution in [3.8, 4) is 11.5 Å². The Kier molecular flexibility index (Phi) is 4.49. The monoisotopic (exact) mass is 429 g/mol. The second-order valence-corrected chi connectivity index (χ2v) is 6.81. The molecule has 136 valence electrons. The first kappa shape index (κ1) is 17.4. The van der Waals surface area contributed by atoms with Crippen LogP contribution in [0.1, 0.15) is 21.6 Å². The lowest BCUT2D eigenvalue weighted by Gasteiger charge is -2.09. The standard InChI is InChI=1S/C19H13BrFN3O3/c1-10-17-13(18(25)22-9-11-7-12(20)4-5-14(11)21)8-15(16-3-2-6-26-16)23-19(17)27-24-10/h2-8H,9H2,1H3,(H,22,25). The van der Waals surface area contributed by atoms with Gasteiger partial charge in [-0.1, -0.05) is 21.1 Å². The zero-order valence-electron chi connectivity index (χ0n) is 14.1. The molecule has 0 unspecified atom stereocenters. The zero-order chi connectivity index (χ0) is 19.0. The lowest BCUT2D eigenvalue weighted by Crippen LogP contribution is -2.24. The third-order valence-corrected chi connectivity index (χ3v) is 4.58. The van der Waals surface area contributed by atoms with Crippen molar-refractivity contribution >= 4 is 32.9 Å². The number of hydrogen-bond donors (Lipinski definition) is 1. The highest BCUT2D eigenvalue weighted by molar-refractivity contribution is 9.10. The van der Waals surface area contributed by atoms with Crippen molar-refractivity contribution in [2.24, 2.45) is 0 Å². The van der Waals surface area contributed by atoms with Crippen molar-refractivity contribution in [1.82, 2.24) is 15.5 Å². The van der Waals surface area contributed by atoms with E-state index in [4.69, 9.17) is 8.94 Å². The number of halogens is 2. The van der Waals surface area contributed by atoms with Gasteiger partial charge in [-0.25, -0.2) is 9.37 Å². The van der Waals surface area contributed by atoms with Gasteiger partial charge < -0.3 is 14.3 Å². The predicted octanol–water partition coefficient (Wildman–Crippen LogP) is 4.62.